The molecule has 0 spiro atoms. The minimum Gasteiger partial charge on any atom is -0.383 e. The monoisotopic (exact) mass is 298 g/mol. The van der Waals surface area contributed by atoms with E-state index in [1.54, 1.807) is 0 Å². The van der Waals surface area contributed by atoms with Gasteiger partial charge in [-0.15, -0.1) is 0 Å². The second-order valence-corrected chi connectivity index (χ2v) is 5.29. The third-order valence-corrected chi connectivity index (χ3v) is 3.60. The summed E-state index contributed by atoms with van der Waals surface area (Å²) in [5, 5.41) is 0. The molecule has 0 bridgehead atoms. The van der Waals surface area contributed by atoms with Gasteiger partial charge in [-0.2, -0.15) is 4.99 Å². The molecule has 1 aliphatic rings. The topological polar surface area (TPSA) is 93.4 Å². The van der Waals surface area contributed by atoms with Gasteiger partial charge in [-0.3, -0.25) is 9.78 Å². The number of aromatic amines is 1. The van der Waals surface area contributed by atoms with E-state index in [2.05, 4.69) is 15.0 Å². The number of H-pyrrole nitrogens is 1. The molecule has 22 heavy (non-hydrogen) atoms. The molecule has 114 valence electrons. The fourth-order valence-corrected chi connectivity index (χ4v) is 2.15. The Kier molecular flexibility index (Phi) is 4.29. The van der Waals surface area contributed by atoms with Gasteiger partial charge in [0.2, 0.25) is 5.95 Å². The van der Waals surface area contributed by atoms with Gasteiger partial charge in [0.25, 0.3) is 5.56 Å². The second kappa shape index (κ2) is 6.53. The SMILES string of the molecule is NC(=Nc1nc(COC2CCC2)cc(=O)[nH]1)c1ccccc1. The number of aliphatic imine (C=N–C) groups is 1. The lowest BCUT2D eigenvalue weighted by molar-refractivity contribution is -0.0101. The van der Waals surface area contributed by atoms with Crippen LogP contribution in [0.4, 0.5) is 5.95 Å². The highest BCUT2D eigenvalue weighted by Gasteiger charge is 2.18. The van der Waals surface area contributed by atoms with Crippen LogP contribution in [0.3, 0.4) is 0 Å². The van der Waals surface area contributed by atoms with Gasteiger partial charge in [0.15, 0.2) is 0 Å². The fraction of sp³-hybridized carbons (Fsp3) is 0.312. The summed E-state index contributed by atoms with van der Waals surface area (Å²) in [4.78, 5) is 22.7. The van der Waals surface area contributed by atoms with Gasteiger partial charge in [-0.1, -0.05) is 30.3 Å². The number of ether oxygens (including phenoxy) is 1. The number of rotatable bonds is 5. The van der Waals surface area contributed by atoms with Crippen LogP contribution < -0.4 is 11.3 Å². The van der Waals surface area contributed by atoms with Crippen molar-refractivity contribution in [2.24, 2.45) is 10.7 Å². The number of nitrogens with two attached hydrogens (primary N) is 1. The highest BCUT2D eigenvalue weighted by molar-refractivity contribution is 5.98. The average molecular weight is 298 g/mol. The molecule has 0 unspecified atom stereocenters. The van der Waals surface area contributed by atoms with Crippen molar-refractivity contribution < 1.29 is 4.74 Å². The van der Waals surface area contributed by atoms with Crippen LogP contribution in [0.25, 0.3) is 0 Å². The van der Waals surface area contributed by atoms with Crippen LogP contribution in [-0.2, 0) is 11.3 Å². The van der Waals surface area contributed by atoms with Gasteiger partial charge in [0.05, 0.1) is 18.4 Å². The van der Waals surface area contributed by atoms with E-state index >= 15 is 0 Å². The molecule has 0 radical (unpaired) electrons. The molecule has 0 saturated heterocycles. The van der Waals surface area contributed by atoms with Crippen molar-refractivity contribution in [3.05, 3.63) is 58.0 Å². The molecule has 1 saturated carbocycles. The molecule has 1 aliphatic carbocycles. The molecule has 3 rings (SSSR count). The number of nitrogens with zero attached hydrogens (tertiary/aromatic N) is 2. The Morgan fingerprint density at radius 3 is 2.82 bits per heavy atom. The highest BCUT2D eigenvalue weighted by atomic mass is 16.5. The van der Waals surface area contributed by atoms with Crippen LogP contribution in [0.1, 0.15) is 30.5 Å². The van der Waals surface area contributed by atoms with E-state index in [4.69, 9.17) is 10.5 Å². The number of benzene rings is 1. The van der Waals surface area contributed by atoms with Gasteiger partial charge in [0, 0.05) is 11.6 Å². The lowest BCUT2D eigenvalue weighted by Crippen LogP contribution is -2.22. The number of amidine groups is 1. The summed E-state index contributed by atoms with van der Waals surface area (Å²) in [5.41, 5.74) is 7.02. The summed E-state index contributed by atoms with van der Waals surface area (Å²) < 4.78 is 5.67. The molecular formula is C16H18N4O2. The van der Waals surface area contributed by atoms with E-state index in [1.165, 1.54) is 12.5 Å². The molecule has 1 heterocycles. The van der Waals surface area contributed by atoms with E-state index in [1.807, 2.05) is 30.3 Å². The predicted octanol–water partition coefficient (Wildman–Crippen LogP) is 1.88. The zero-order valence-corrected chi connectivity index (χ0v) is 12.2. The van der Waals surface area contributed by atoms with Crippen LogP contribution >= 0.6 is 0 Å². The van der Waals surface area contributed by atoms with E-state index in [9.17, 15) is 4.79 Å². The summed E-state index contributed by atoms with van der Waals surface area (Å²) in [6, 6.07) is 10.8. The number of aromatic nitrogens is 2. The molecular weight excluding hydrogens is 280 g/mol. The Balaban J connectivity index is 1.78. The zero-order valence-electron chi connectivity index (χ0n) is 12.2. The van der Waals surface area contributed by atoms with Gasteiger partial charge in [-0.25, -0.2) is 4.98 Å². The van der Waals surface area contributed by atoms with Crippen LogP contribution in [0.5, 0.6) is 0 Å². The Labute approximate surface area is 128 Å². The highest BCUT2D eigenvalue weighted by Crippen LogP contribution is 2.22. The molecule has 0 amide bonds. The van der Waals surface area contributed by atoms with Crippen molar-refractivity contribution in [2.75, 3.05) is 0 Å². The molecule has 1 aromatic heterocycles. The first kappa shape index (κ1) is 14.5. The van der Waals surface area contributed by atoms with Gasteiger partial charge >= 0.3 is 0 Å². The van der Waals surface area contributed by atoms with Gasteiger partial charge in [0.1, 0.15) is 5.84 Å². The maximum Gasteiger partial charge on any atom is 0.252 e. The van der Waals surface area contributed by atoms with E-state index in [0.717, 1.165) is 18.4 Å². The normalized spacial score (nSPS) is 15.5. The molecule has 2 aromatic rings. The summed E-state index contributed by atoms with van der Waals surface area (Å²) >= 11 is 0. The maximum absolute atomic E-state index is 11.7. The molecule has 6 nitrogen and oxygen atoms in total. The molecule has 0 atom stereocenters. The van der Waals surface area contributed by atoms with Crippen molar-refractivity contribution in [1.29, 1.82) is 0 Å². The average Bonchev–Trinajstić information content (AvgIpc) is 2.46. The largest absolute Gasteiger partial charge is 0.383 e. The lowest BCUT2D eigenvalue weighted by atomic mass is 9.96. The Bertz CT molecular complexity index is 720. The smallest absolute Gasteiger partial charge is 0.252 e. The van der Waals surface area contributed by atoms with Crippen molar-refractivity contribution >= 4 is 11.8 Å². The standard InChI is InChI=1S/C16H18N4O2/c17-15(11-5-2-1-3-6-11)20-16-18-12(9-14(21)19-16)10-22-13-7-4-8-13/h1-3,5-6,9,13H,4,7-8,10H2,(H3,17,18,19,20,21). The minimum atomic E-state index is -0.262. The molecule has 1 fully saturated rings. The van der Waals surface area contributed by atoms with Gasteiger partial charge < -0.3 is 10.5 Å². The second-order valence-electron chi connectivity index (χ2n) is 5.29. The number of nitrogens with one attached hydrogen (secondary N) is 1. The van der Waals surface area contributed by atoms with E-state index in [0.29, 0.717) is 24.2 Å². The van der Waals surface area contributed by atoms with Crippen LogP contribution in [-0.4, -0.2) is 21.9 Å². The Morgan fingerprint density at radius 1 is 1.36 bits per heavy atom. The van der Waals surface area contributed by atoms with Crippen molar-refractivity contribution in [2.45, 2.75) is 32.0 Å². The van der Waals surface area contributed by atoms with E-state index in [-0.39, 0.29) is 11.5 Å². The quantitative estimate of drug-likeness (QED) is 0.651. The van der Waals surface area contributed by atoms with Crippen molar-refractivity contribution in [3.63, 3.8) is 0 Å². The summed E-state index contributed by atoms with van der Waals surface area (Å²) in [6.07, 6.45) is 3.66. The van der Waals surface area contributed by atoms with Crippen LogP contribution in [0, 0.1) is 0 Å². The van der Waals surface area contributed by atoms with Crippen LogP contribution in [0.15, 0.2) is 46.2 Å². The first-order valence-electron chi connectivity index (χ1n) is 7.32. The zero-order chi connectivity index (χ0) is 15.4. The first-order valence-corrected chi connectivity index (χ1v) is 7.32. The lowest BCUT2D eigenvalue weighted by Gasteiger charge is -2.25. The third kappa shape index (κ3) is 3.59. The van der Waals surface area contributed by atoms with Crippen molar-refractivity contribution in [3.8, 4) is 0 Å². The number of hydrogen-bond donors (Lipinski definition) is 2. The molecule has 3 N–H and O–H groups in total. The first-order chi connectivity index (χ1) is 10.7. The molecule has 0 aliphatic heterocycles. The molecule has 6 heteroatoms. The summed E-state index contributed by atoms with van der Waals surface area (Å²) in [5.74, 6) is 0.502. The number of hydrogen-bond acceptors (Lipinski definition) is 4. The predicted molar refractivity (Wildman–Crippen MR) is 84.1 cm³/mol. The van der Waals surface area contributed by atoms with Crippen molar-refractivity contribution in [1.82, 2.24) is 9.97 Å². The Morgan fingerprint density at radius 2 is 2.14 bits per heavy atom. The summed E-state index contributed by atoms with van der Waals surface area (Å²) in [7, 11) is 0. The maximum atomic E-state index is 11.7. The fourth-order valence-electron chi connectivity index (χ4n) is 2.15. The molecule has 1 aromatic carbocycles. The van der Waals surface area contributed by atoms with Crippen LogP contribution in [0.2, 0.25) is 0 Å². The summed E-state index contributed by atoms with van der Waals surface area (Å²) in [6.45, 7) is 0.322. The minimum absolute atomic E-state index is 0.195. The third-order valence-electron chi connectivity index (χ3n) is 3.60. The van der Waals surface area contributed by atoms with E-state index < -0.39 is 0 Å². The van der Waals surface area contributed by atoms with Gasteiger partial charge in [-0.05, 0) is 19.3 Å². The Hall–Kier alpha value is -2.47.